The Bertz CT molecular complexity index is 336. The second-order valence-electron chi connectivity index (χ2n) is 6.45. The van der Waals surface area contributed by atoms with Gasteiger partial charge in [0.15, 0.2) is 0 Å². The first-order valence-corrected chi connectivity index (χ1v) is 7.04. The fraction of sp³-hybridized carbons (Fsp3) is 0.857. The minimum atomic E-state index is -0.982. The van der Waals surface area contributed by atoms with Gasteiger partial charge in [-0.3, -0.25) is 0 Å². The van der Waals surface area contributed by atoms with Crippen LogP contribution in [0.25, 0.3) is 0 Å². The van der Waals surface area contributed by atoms with Gasteiger partial charge in [-0.15, -0.1) is 0 Å². The number of carboxylic acid groups (broad SMARTS) is 1. The van der Waals surface area contributed by atoms with Crippen molar-refractivity contribution in [1.29, 1.82) is 0 Å². The second kappa shape index (κ2) is 6.26. The predicted molar refractivity (Wildman–Crippen MR) is 74.0 cm³/mol. The average Bonchev–Trinajstić information content (AvgIpc) is 2.33. The number of nitrogens with one attached hydrogen (secondary N) is 1. The summed E-state index contributed by atoms with van der Waals surface area (Å²) in [5.41, 5.74) is -0.499. The number of nitrogens with zero attached hydrogens (tertiary/aromatic N) is 1. The number of hydrogen-bond donors (Lipinski definition) is 2. The number of rotatable bonds is 3. The quantitative estimate of drug-likeness (QED) is 0.827. The molecule has 110 valence electrons. The number of piperidine rings is 1. The molecule has 2 amide bonds. The largest absolute Gasteiger partial charge is 0.480 e. The second-order valence-corrected chi connectivity index (χ2v) is 6.45. The highest BCUT2D eigenvalue weighted by Crippen LogP contribution is 2.22. The molecule has 5 heteroatoms. The molecule has 19 heavy (non-hydrogen) atoms. The molecule has 1 heterocycles. The average molecular weight is 270 g/mol. The number of carbonyl (C=O) groups is 2. The lowest BCUT2D eigenvalue weighted by Gasteiger charge is -2.35. The van der Waals surface area contributed by atoms with Crippen molar-refractivity contribution in [2.24, 2.45) is 11.3 Å². The number of hydrogen-bond acceptors (Lipinski definition) is 2. The van der Waals surface area contributed by atoms with Gasteiger partial charge in [0.05, 0.1) is 0 Å². The molecule has 2 atom stereocenters. The lowest BCUT2D eigenvalue weighted by Crippen LogP contribution is -2.54. The topological polar surface area (TPSA) is 69.6 Å². The summed E-state index contributed by atoms with van der Waals surface area (Å²) in [6.07, 6.45) is 3.21. The third kappa shape index (κ3) is 4.40. The first-order chi connectivity index (χ1) is 8.75. The Labute approximate surface area is 115 Å². The molecule has 1 unspecified atom stereocenters. The standard InChI is InChI=1S/C14H26N2O3/c1-5-10-7-6-8-16(9-10)13(19)15-11(12(17)18)14(2,3)4/h10-11H,5-9H2,1-4H3,(H,15,19)(H,17,18)/t10?,11-/m0/s1. The van der Waals surface area contributed by atoms with E-state index >= 15 is 0 Å². The summed E-state index contributed by atoms with van der Waals surface area (Å²) in [5, 5.41) is 11.9. The van der Waals surface area contributed by atoms with Crippen molar-refractivity contribution >= 4 is 12.0 Å². The van der Waals surface area contributed by atoms with Crippen LogP contribution in [0.4, 0.5) is 4.79 Å². The normalized spacial score (nSPS) is 21.9. The molecular weight excluding hydrogens is 244 g/mol. The third-order valence-corrected chi connectivity index (χ3v) is 3.76. The summed E-state index contributed by atoms with van der Waals surface area (Å²) in [6.45, 7) is 9.03. The summed E-state index contributed by atoms with van der Waals surface area (Å²) in [5.74, 6) is -0.442. The highest BCUT2D eigenvalue weighted by molar-refractivity contribution is 5.83. The summed E-state index contributed by atoms with van der Waals surface area (Å²) in [6, 6.07) is -1.11. The molecule has 1 saturated heterocycles. The van der Waals surface area contributed by atoms with E-state index in [1.807, 2.05) is 20.8 Å². The Morgan fingerprint density at radius 3 is 2.53 bits per heavy atom. The summed E-state index contributed by atoms with van der Waals surface area (Å²) in [7, 11) is 0. The Morgan fingerprint density at radius 1 is 1.42 bits per heavy atom. The van der Waals surface area contributed by atoms with Crippen molar-refractivity contribution in [3.63, 3.8) is 0 Å². The van der Waals surface area contributed by atoms with Gasteiger partial charge in [0.25, 0.3) is 0 Å². The summed E-state index contributed by atoms with van der Waals surface area (Å²) < 4.78 is 0. The SMILES string of the molecule is CCC1CCCN(C(=O)N[C@@H](C(=O)O)C(C)(C)C)C1. The molecule has 0 aromatic rings. The van der Waals surface area contributed by atoms with Gasteiger partial charge in [-0.05, 0) is 24.2 Å². The molecule has 0 aromatic heterocycles. The Kier molecular flexibility index (Phi) is 5.20. The molecule has 1 fully saturated rings. The van der Waals surface area contributed by atoms with E-state index in [-0.39, 0.29) is 6.03 Å². The van der Waals surface area contributed by atoms with E-state index in [2.05, 4.69) is 12.2 Å². The molecule has 1 aliphatic heterocycles. The van der Waals surface area contributed by atoms with E-state index in [1.54, 1.807) is 4.90 Å². The Morgan fingerprint density at radius 2 is 2.05 bits per heavy atom. The summed E-state index contributed by atoms with van der Waals surface area (Å²) >= 11 is 0. The number of urea groups is 1. The van der Waals surface area contributed by atoms with Crippen molar-refractivity contribution in [3.05, 3.63) is 0 Å². The molecule has 2 N–H and O–H groups in total. The molecular formula is C14H26N2O3. The van der Waals surface area contributed by atoms with Gasteiger partial charge < -0.3 is 15.3 Å². The molecule has 0 spiro atoms. The highest BCUT2D eigenvalue weighted by atomic mass is 16.4. The zero-order valence-corrected chi connectivity index (χ0v) is 12.4. The number of carboxylic acids is 1. The van der Waals surface area contributed by atoms with Crippen LogP contribution in [0, 0.1) is 11.3 Å². The van der Waals surface area contributed by atoms with Crippen LogP contribution in [-0.4, -0.2) is 41.1 Å². The van der Waals surface area contributed by atoms with Crippen molar-refractivity contribution < 1.29 is 14.7 Å². The minimum absolute atomic E-state index is 0.250. The monoisotopic (exact) mass is 270 g/mol. The molecule has 0 aromatic carbocycles. The van der Waals surface area contributed by atoms with E-state index in [1.165, 1.54) is 0 Å². The molecule has 0 radical (unpaired) electrons. The maximum Gasteiger partial charge on any atom is 0.326 e. The first kappa shape index (κ1) is 15.8. The van der Waals surface area contributed by atoms with Gasteiger partial charge >= 0.3 is 12.0 Å². The number of likely N-dealkylation sites (tertiary alicyclic amines) is 1. The number of carbonyl (C=O) groups excluding carboxylic acids is 1. The van der Waals surface area contributed by atoms with Crippen LogP contribution >= 0.6 is 0 Å². The van der Waals surface area contributed by atoms with Crippen LogP contribution in [0.3, 0.4) is 0 Å². The van der Waals surface area contributed by atoms with Gasteiger partial charge in [-0.1, -0.05) is 34.1 Å². The minimum Gasteiger partial charge on any atom is -0.480 e. The Balaban J connectivity index is 2.64. The zero-order chi connectivity index (χ0) is 14.6. The molecule has 0 bridgehead atoms. The van der Waals surface area contributed by atoms with Crippen molar-refractivity contribution in [1.82, 2.24) is 10.2 Å². The van der Waals surface area contributed by atoms with Crippen LogP contribution in [0.15, 0.2) is 0 Å². The maximum atomic E-state index is 12.2. The van der Waals surface area contributed by atoms with Crippen LogP contribution in [0.2, 0.25) is 0 Å². The molecule has 0 aliphatic carbocycles. The van der Waals surface area contributed by atoms with Gasteiger partial charge in [0.2, 0.25) is 0 Å². The van der Waals surface area contributed by atoms with E-state index < -0.39 is 17.4 Å². The van der Waals surface area contributed by atoms with Crippen LogP contribution < -0.4 is 5.32 Å². The van der Waals surface area contributed by atoms with E-state index in [0.717, 1.165) is 32.4 Å². The smallest absolute Gasteiger partial charge is 0.326 e. The fourth-order valence-corrected chi connectivity index (χ4v) is 2.45. The Hall–Kier alpha value is -1.26. The third-order valence-electron chi connectivity index (χ3n) is 3.76. The molecule has 0 saturated carbocycles. The van der Waals surface area contributed by atoms with Crippen LogP contribution in [-0.2, 0) is 4.79 Å². The molecule has 1 aliphatic rings. The number of amides is 2. The van der Waals surface area contributed by atoms with Gasteiger partial charge in [0, 0.05) is 13.1 Å². The zero-order valence-electron chi connectivity index (χ0n) is 12.4. The van der Waals surface area contributed by atoms with Crippen molar-refractivity contribution in [2.45, 2.75) is 53.0 Å². The first-order valence-electron chi connectivity index (χ1n) is 7.04. The predicted octanol–water partition coefficient (Wildman–Crippen LogP) is 2.32. The number of aliphatic carboxylic acids is 1. The van der Waals surface area contributed by atoms with E-state index in [0.29, 0.717) is 5.92 Å². The summed E-state index contributed by atoms with van der Waals surface area (Å²) in [4.78, 5) is 25.2. The van der Waals surface area contributed by atoms with E-state index in [9.17, 15) is 14.7 Å². The lowest BCUT2D eigenvalue weighted by molar-refractivity contribution is -0.142. The highest BCUT2D eigenvalue weighted by Gasteiger charge is 2.34. The van der Waals surface area contributed by atoms with Crippen LogP contribution in [0.1, 0.15) is 47.0 Å². The molecule has 5 nitrogen and oxygen atoms in total. The van der Waals surface area contributed by atoms with Crippen LogP contribution in [0.5, 0.6) is 0 Å². The van der Waals surface area contributed by atoms with Gasteiger partial charge in [0.1, 0.15) is 6.04 Å². The van der Waals surface area contributed by atoms with Crippen molar-refractivity contribution in [3.8, 4) is 0 Å². The van der Waals surface area contributed by atoms with Crippen molar-refractivity contribution in [2.75, 3.05) is 13.1 Å². The fourth-order valence-electron chi connectivity index (χ4n) is 2.45. The van der Waals surface area contributed by atoms with Gasteiger partial charge in [-0.25, -0.2) is 9.59 Å². The molecule has 1 rings (SSSR count). The maximum absolute atomic E-state index is 12.2. The van der Waals surface area contributed by atoms with E-state index in [4.69, 9.17) is 0 Å². The lowest BCUT2D eigenvalue weighted by atomic mass is 9.87. The van der Waals surface area contributed by atoms with Gasteiger partial charge in [-0.2, -0.15) is 0 Å².